The number of hydrogen-bond donors (Lipinski definition) is 5. The van der Waals surface area contributed by atoms with Gasteiger partial charge in [-0.15, -0.1) is 0 Å². The summed E-state index contributed by atoms with van der Waals surface area (Å²) in [5, 5.41) is 35.7. The van der Waals surface area contributed by atoms with E-state index in [1.807, 2.05) is 0 Å². The molecule has 0 aromatic heterocycles. The van der Waals surface area contributed by atoms with Crippen molar-refractivity contribution < 1.29 is 20.4 Å². The van der Waals surface area contributed by atoms with E-state index in [0.717, 1.165) is 0 Å². The number of nitrogens with two attached hydrogens (primary N) is 1. The molecule has 0 fully saturated rings. The quantitative estimate of drug-likeness (QED) is 0.314. The van der Waals surface area contributed by atoms with Gasteiger partial charge in [0, 0.05) is 6.54 Å². The van der Waals surface area contributed by atoms with Crippen molar-refractivity contribution in [3.63, 3.8) is 0 Å². The van der Waals surface area contributed by atoms with Gasteiger partial charge in [-0.1, -0.05) is 0 Å². The van der Waals surface area contributed by atoms with Crippen molar-refractivity contribution in [1.82, 2.24) is 0 Å². The molecule has 68 valence electrons. The second-order valence-electron chi connectivity index (χ2n) is 2.52. The topological polar surface area (TPSA) is 107 Å². The van der Waals surface area contributed by atoms with E-state index in [1.54, 1.807) is 0 Å². The predicted molar refractivity (Wildman–Crippen MR) is 38.8 cm³/mol. The SMILES string of the molecule is C[C@@H](O)[C@H](O)[C@H](O)[C@H](O)CN. The molecule has 0 amide bonds. The maximum Gasteiger partial charge on any atom is 0.109 e. The number of aliphatic hydroxyl groups is 4. The fourth-order valence-electron chi connectivity index (χ4n) is 0.652. The number of aliphatic hydroxyl groups excluding tert-OH is 4. The molecule has 0 rings (SSSR count). The lowest BCUT2D eigenvalue weighted by molar-refractivity contribution is -0.0969. The molecule has 0 heterocycles. The Labute approximate surface area is 65.1 Å². The summed E-state index contributed by atoms with van der Waals surface area (Å²) in [4.78, 5) is 0. The summed E-state index contributed by atoms with van der Waals surface area (Å²) >= 11 is 0. The first-order valence-corrected chi connectivity index (χ1v) is 3.43. The molecule has 0 aromatic carbocycles. The highest BCUT2D eigenvalue weighted by atomic mass is 16.4. The summed E-state index contributed by atoms with van der Waals surface area (Å²) in [5.41, 5.74) is 5.01. The van der Waals surface area contributed by atoms with Crippen molar-refractivity contribution in [3.05, 3.63) is 0 Å². The summed E-state index contributed by atoms with van der Waals surface area (Å²) in [6.45, 7) is 1.17. The molecule has 6 N–H and O–H groups in total. The van der Waals surface area contributed by atoms with Gasteiger partial charge in [-0.3, -0.25) is 0 Å². The van der Waals surface area contributed by atoms with Crippen LogP contribution in [0.3, 0.4) is 0 Å². The molecule has 4 atom stereocenters. The molecular formula is C6H15NO4. The van der Waals surface area contributed by atoms with E-state index in [2.05, 4.69) is 0 Å². The normalized spacial score (nSPS) is 22.4. The zero-order valence-corrected chi connectivity index (χ0v) is 6.38. The van der Waals surface area contributed by atoms with Crippen LogP contribution in [0.15, 0.2) is 0 Å². The van der Waals surface area contributed by atoms with E-state index >= 15 is 0 Å². The molecule has 0 aliphatic heterocycles. The Kier molecular flexibility index (Phi) is 4.55. The van der Waals surface area contributed by atoms with Crippen LogP contribution in [-0.4, -0.2) is 51.4 Å². The molecule has 0 spiro atoms. The van der Waals surface area contributed by atoms with E-state index in [0.29, 0.717) is 0 Å². The average molecular weight is 165 g/mol. The monoisotopic (exact) mass is 165 g/mol. The Balaban J connectivity index is 3.90. The minimum Gasteiger partial charge on any atom is -0.391 e. The van der Waals surface area contributed by atoms with Gasteiger partial charge in [0.15, 0.2) is 0 Å². The molecule has 0 radical (unpaired) electrons. The molecule has 5 heteroatoms. The third kappa shape index (κ3) is 3.13. The van der Waals surface area contributed by atoms with Crippen LogP contribution in [0.25, 0.3) is 0 Å². The molecule has 11 heavy (non-hydrogen) atoms. The Morgan fingerprint density at radius 2 is 1.55 bits per heavy atom. The van der Waals surface area contributed by atoms with Crippen LogP contribution in [0, 0.1) is 0 Å². The Hall–Kier alpha value is -0.200. The highest BCUT2D eigenvalue weighted by molar-refractivity contribution is 4.78. The second-order valence-corrected chi connectivity index (χ2v) is 2.52. The Bertz CT molecular complexity index is 109. The number of rotatable bonds is 4. The van der Waals surface area contributed by atoms with Crippen LogP contribution in [0.2, 0.25) is 0 Å². The van der Waals surface area contributed by atoms with Crippen molar-refractivity contribution in [2.45, 2.75) is 31.3 Å². The first-order chi connectivity index (χ1) is 5.00. The molecule has 0 aromatic rings. The average Bonchev–Trinajstić information content (AvgIpc) is 2.00. The van der Waals surface area contributed by atoms with Crippen molar-refractivity contribution in [2.75, 3.05) is 6.54 Å². The summed E-state index contributed by atoms with van der Waals surface area (Å²) in [7, 11) is 0. The first-order valence-electron chi connectivity index (χ1n) is 3.43. The summed E-state index contributed by atoms with van der Waals surface area (Å²) < 4.78 is 0. The van der Waals surface area contributed by atoms with Gasteiger partial charge in [-0.25, -0.2) is 0 Å². The standard InChI is InChI=1S/C6H15NO4/c1-3(8)5(10)6(11)4(9)2-7/h3-6,8-11H,2,7H2,1H3/t3-,4-,5+,6-/m1/s1. The van der Waals surface area contributed by atoms with Crippen molar-refractivity contribution >= 4 is 0 Å². The number of hydrogen-bond acceptors (Lipinski definition) is 5. The summed E-state index contributed by atoms with van der Waals surface area (Å²) in [6, 6.07) is 0. The zero-order chi connectivity index (χ0) is 9.02. The Morgan fingerprint density at radius 3 is 1.82 bits per heavy atom. The molecule has 0 saturated heterocycles. The van der Waals surface area contributed by atoms with Gasteiger partial charge in [0.25, 0.3) is 0 Å². The van der Waals surface area contributed by atoms with Crippen LogP contribution >= 0.6 is 0 Å². The summed E-state index contributed by atoms with van der Waals surface area (Å²) in [6.07, 6.45) is -5.01. The minimum atomic E-state index is -1.39. The smallest absolute Gasteiger partial charge is 0.109 e. The van der Waals surface area contributed by atoms with E-state index < -0.39 is 24.4 Å². The van der Waals surface area contributed by atoms with E-state index in [-0.39, 0.29) is 6.54 Å². The maximum absolute atomic E-state index is 9.02. The van der Waals surface area contributed by atoms with Gasteiger partial charge >= 0.3 is 0 Å². The zero-order valence-electron chi connectivity index (χ0n) is 6.38. The molecule has 0 saturated carbocycles. The molecule has 0 bridgehead atoms. The molecule has 0 aliphatic carbocycles. The highest BCUT2D eigenvalue weighted by Gasteiger charge is 2.26. The van der Waals surface area contributed by atoms with Gasteiger partial charge in [0.2, 0.25) is 0 Å². The van der Waals surface area contributed by atoms with E-state index in [9.17, 15) is 0 Å². The van der Waals surface area contributed by atoms with Crippen LogP contribution < -0.4 is 5.73 Å². The van der Waals surface area contributed by atoms with Gasteiger partial charge in [-0.05, 0) is 6.92 Å². The van der Waals surface area contributed by atoms with Crippen molar-refractivity contribution in [3.8, 4) is 0 Å². The third-order valence-electron chi connectivity index (χ3n) is 1.48. The van der Waals surface area contributed by atoms with Gasteiger partial charge in [0.1, 0.15) is 12.2 Å². The molecule has 0 aliphatic rings. The molecule has 5 nitrogen and oxygen atoms in total. The molecular weight excluding hydrogens is 150 g/mol. The lowest BCUT2D eigenvalue weighted by atomic mass is 10.0. The first kappa shape index (κ1) is 10.8. The lowest BCUT2D eigenvalue weighted by Crippen LogP contribution is -2.46. The fraction of sp³-hybridized carbons (Fsp3) is 1.00. The van der Waals surface area contributed by atoms with Crippen LogP contribution in [0.5, 0.6) is 0 Å². The van der Waals surface area contributed by atoms with Gasteiger partial charge < -0.3 is 26.2 Å². The largest absolute Gasteiger partial charge is 0.391 e. The third-order valence-corrected chi connectivity index (χ3v) is 1.48. The van der Waals surface area contributed by atoms with Crippen molar-refractivity contribution in [1.29, 1.82) is 0 Å². The van der Waals surface area contributed by atoms with E-state index in [1.165, 1.54) is 6.92 Å². The molecule has 0 unspecified atom stereocenters. The van der Waals surface area contributed by atoms with E-state index in [4.69, 9.17) is 26.2 Å². The predicted octanol–water partition coefficient (Wildman–Crippen LogP) is -2.59. The van der Waals surface area contributed by atoms with Crippen LogP contribution in [-0.2, 0) is 0 Å². The fourth-order valence-corrected chi connectivity index (χ4v) is 0.652. The highest BCUT2D eigenvalue weighted by Crippen LogP contribution is 2.03. The van der Waals surface area contributed by atoms with Gasteiger partial charge in [0.05, 0.1) is 12.2 Å². The van der Waals surface area contributed by atoms with Crippen LogP contribution in [0.4, 0.5) is 0 Å². The van der Waals surface area contributed by atoms with Gasteiger partial charge in [-0.2, -0.15) is 0 Å². The maximum atomic E-state index is 9.02. The minimum absolute atomic E-state index is 0.148. The summed E-state index contributed by atoms with van der Waals surface area (Å²) in [5.74, 6) is 0. The Morgan fingerprint density at radius 1 is 1.09 bits per heavy atom. The van der Waals surface area contributed by atoms with Crippen molar-refractivity contribution in [2.24, 2.45) is 5.73 Å². The lowest BCUT2D eigenvalue weighted by Gasteiger charge is -2.23. The second kappa shape index (κ2) is 4.63. The van der Waals surface area contributed by atoms with Crippen LogP contribution in [0.1, 0.15) is 6.92 Å².